The highest BCUT2D eigenvalue weighted by atomic mass is 19.3. The van der Waals surface area contributed by atoms with Gasteiger partial charge in [-0.15, -0.1) is 0 Å². The number of hydrogen-bond donors (Lipinski definition) is 1. The normalized spacial score (nSPS) is 18.8. The molecule has 124 valence electrons. The summed E-state index contributed by atoms with van der Waals surface area (Å²) in [4.78, 5) is 16.1. The number of alkyl halides is 2. The molecule has 0 aromatic heterocycles. The first kappa shape index (κ1) is 18.3. The molecular weight excluding hydrogens is 280 g/mol. The highest BCUT2D eigenvalue weighted by Gasteiger charge is 2.19. The molecule has 1 heterocycles. The Hall–Kier alpha value is -0.790. The zero-order valence-corrected chi connectivity index (χ0v) is 12.8. The van der Waals surface area contributed by atoms with Crippen LogP contribution in [0.4, 0.5) is 8.78 Å². The third-order valence-electron chi connectivity index (χ3n) is 3.62. The zero-order chi connectivity index (χ0) is 15.7. The van der Waals surface area contributed by atoms with Gasteiger partial charge in [0.2, 0.25) is 5.91 Å². The van der Waals surface area contributed by atoms with Crippen LogP contribution in [0.2, 0.25) is 0 Å². The number of halogens is 2. The van der Waals surface area contributed by atoms with Crippen LogP contribution in [0.25, 0.3) is 0 Å². The Morgan fingerprint density at radius 2 is 2.05 bits per heavy atom. The highest BCUT2D eigenvalue weighted by Crippen LogP contribution is 2.07. The van der Waals surface area contributed by atoms with Gasteiger partial charge in [0.25, 0.3) is 6.43 Å². The van der Waals surface area contributed by atoms with Crippen molar-refractivity contribution in [3.05, 3.63) is 0 Å². The molecule has 7 heteroatoms. The second kappa shape index (κ2) is 10.0. The summed E-state index contributed by atoms with van der Waals surface area (Å²) in [5, 5.41) is 0. The fourth-order valence-corrected chi connectivity index (χ4v) is 2.41. The van der Waals surface area contributed by atoms with Gasteiger partial charge in [-0.05, 0) is 25.4 Å². The lowest BCUT2D eigenvalue weighted by Crippen LogP contribution is -2.37. The number of nitrogens with two attached hydrogens (primary N) is 1. The van der Waals surface area contributed by atoms with Gasteiger partial charge in [-0.1, -0.05) is 6.92 Å². The summed E-state index contributed by atoms with van der Waals surface area (Å²) in [5.41, 5.74) is 5.63. The van der Waals surface area contributed by atoms with E-state index in [0.29, 0.717) is 19.0 Å². The van der Waals surface area contributed by atoms with Crippen LogP contribution in [0.15, 0.2) is 0 Å². The number of nitrogens with zero attached hydrogens (tertiary/aromatic N) is 2. The van der Waals surface area contributed by atoms with E-state index < -0.39 is 13.0 Å². The second-order valence-corrected chi connectivity index (χ2v) is 5.59. The van der Waals surface area contributed by atoms with Gasteiger partial charge >= 0.3 is 0 Å². The van der Waals surface area contributed by atoms with Crippen LogP contribution >= 0.6 is 0 Å². The summed E-state index contributed by atoms with van der Waals surface area (Å²) in [5.74, 6) is 0.438. The zero-order valence-electron chi connectivity index (χ0n) is 12.8. The van der Waals surface area contributed by atoms with Gasteiger partial charge in [-0.2, -0.15) is 0 Å². The first-order valence-corrected chi connectivity index (χ1v) is 7.59. The number of rotatable bonds is 8. The predicted octanol–water partition coefficient (Wildman–Crippen LogP) is 0.787. The summed E-state index contributed by atoms with van der Waals surface area (Å²) >= 11 is 0. The van der Waals surface area contributed by atoms with Crippen molar-refractivity contribution in [2.24, 2.45) is 11.7 Å². The molecule has 1 fully saturated rings. The molecule has 1 aliphatic heterocycles. The monoisotopic (exact) mass is 307 g/mol. The van der Waals surface area contributed by atoms with Crippen molar-refractivity contribution in [1.82, 2.24) is 9.80 Å². The van der Waals surface area contributed by atoms with Crippen molar-refractivity contribution in [3.63, 3.8) is 0 Å². The van der Waals surface area contributed by atoms with E-state index in [4.69, 9.17) is 10.5 Å². The molecule has 0 aromatic carbocycles. The molecule has 0 bridgehead atoms. The molecule has 1 saturated heterocycles. The van der Waals surface area contributed by atoms with Crippen LogP contribution in [0.5, 0.6) is 0 Å². The summed E-state index contributed by atoms with van der Waals surface area (Å²) < 4.78 is 28.6. The topological polar surface area (TPSA) is 58.8 Å². The van der Waals surface area contributed by atoms with Crippen molar-refractivity contribution in [2.45, 2.75) is 26.2 Å². The minimum Gasteiger partial charge on any atom is -0.375 e. The molecule has 2 N–H and O–H groups in total. The van der Waals surface area contributed by atoms with E-state index in [0.717, 1.165) is 32.6 Å². The Labute approximate surface area is 125 Å². The van der Waals surface area contributed by atoms with Crippen molar-refractivity contribution < 1.29 is 18.3 Å². The number of carbonyl (C=O) groups excluding carboxylic acids is 1. The minimum atomic E-state index is -2.48. The average Bonchev–Trinajstić information content (AvgIpc) is 2.68. The molecule has 1 unspecified atom stereocenters. The molecule has 0 spiro atoms. The Balaban J connectivity index is 2.25. The van der Waals surface area contributed by atoms with Crippen LogP contribution in [0.1, 0.15) is 19.8 Å². The standard InChI is InChI=1S/C14H27F2N3O2/c1-12(9-17)10-18-4-2-5-19(7-6-18)14(20)3-8-21-11-13(15)16/h12-13H,2-11,17H2,1H3. The van der Waals surface area contributed by atoms with Crippen molar-refractivity contribution in [3.8, 4) is 0 Å². The van der Waals surface area contributed by atoms with Crippen molar-refractivity contribution in [1.29, 1.82) is 0 Å². The van der Waals surface area contributed by atoms with Crippen LogP contribution in [-0.4, -0.2) is 74.6 Å². The van der Waals surface area contributed by atoms with Crippen LogP contribution < -0.4 is 5.73 Å². The smallest absolute Gasteiger partial charge is 0.261 e. The molecule has 0 saturated carbocycles. The van der Waals surface area contributed by atoms with Crippen LogP contribution in [0.3, 0.4) is 0 Å². The summed E-state index contributed by atoms with van der Waals surface area (Å²) in [6.07, 6.45) is -1.37. The molecule has 0 aliphatic carbocycles. The molecule has 1 rings (SSSR count). The van der Waals surface area contributed by atoms with Gasteiger partial charge in [-0.25, -0.2) is 8.78 Å². The van der Waals surface area contributed by atoms with Crippen LogP contribution in [-0.2, 0) is 9.53 Å². The molecule has 1 atom stereocenters. The summed E-state index contributed by atoms with van der Waals surface area (Å²) in [7, 11) is 0. The lowest BCUT2D eigenvalue weighted by Gasteiger charge is -2.24. The van der Waals surface area contributed by atoms with Gasteiger partial charge in [-0.3, -0.25) is 4.79 Å². The summed E-state index contributed by atoms with van der Waals surface area (Å²) in [6.45, 7) is 6.42. The Kier molecular flexibility index (Phi) is 8.72. The quantitative estimate of drug-likeness (QED) is 0.674. The summed E-state index contributed by atoms with van der Waals surface area (Å²) in [6, 6.07) is 0. The molecule has 5 nitrogen and oxygen atoms in total. The fraction of sp³-hybridized carbons (Fsp3) is 0.929. The van der Waals surface area contributed by atoms with E-state index >= 15 is 0 Å². The van der Waals surface area contributed by atoms with Crippen molar-refractivity contribution >= 4 is 5.91 Å². The molecule has 21 heavy (non-hydrogen) atoms. The molecule has 0 radical (unpaired) electrons. The largest absolute Gasteiger partial charge is 0.375 e. The maximum absolute atomic E-state index is 12.0. The Bertz CT molecular complexity index is 306. The van der Waals surface area contributed by atoms with E-state index in [9.17, 15) is 13.6 Å². The molecule has 0 aromatic rings. The van der Waals surface area contributed by atoms with E-state index in [-0.39, 0.29) is 18.9 Å². The SMILES string of the molecule is CC(CN)CN1CCCN(C(=O)CCOCC(F)F)CC1. The first-order valence-electron chi connectivity index (χ1n) is 7.59. The van der Waals surface area contributed by atoms with E-state index in [2.05, 4.69) is 11.8 Å². The molecule has 1 aliphatic rings. The van der Waals surface area contributed by atoms with E-state index in [1.807, 2.05) is 0 Å². The first-order chi connectivity index (χ1) is 10.0. The third-order valence-corrected chi connectivity index (χ3v) is 3.62. The second-order valence-electron chi connectivity index (χ2n) is 5.59. The lowest BCUT2D eigenvalue weighted by atomic mass is 10.1. The number of hydrogen-bond acceptors (Lipinski definition) is 4. The number of amides is 1. The van der Waals surface area contributed by atoms with E-state index in [1.165, 1.54) is 0 Å². The van der Waals surface area contributed by atoms with Crippen molar-refractivity contribution in [2.75, 3.05) is 52.5 Å². The maximum Gasteiger partial charge on any atom is 0.261 e. The fourth-order valence-electron chi connectivity index (χ4n) is 2.41. The van der Waals surface area contributed by atoms with Gasteiger partial charge in [0.05, 0.1) is 13.0 Å². The van der Waals surface area contributed by atoms with Gasteiger partial charge in [0.15, 0.2) is 0 Å². The molecule has 1 amide bonds. The van der Waals surface area contributed by atoms with Crippen LogP contribution in [0, 0.1) is 5.92 Å². The maximum atomic E-state index is 12.0. The Morgan fingerprint density at radius 1 is 1.29 bits per heavy atom. The number of carbonyl (C=O) groups is 1. The van der Waals surface area contributed by atoms with Gasteiger partial charge < -0.3 is 20.3 Å². The highest BCUT2D eigenvalue weighted by molar-refractivity contribution is 5.76. The third kappa shape index (κ3) is 7.68. The predicted molar refractivity (Wildman–Crippen MR) is 77.3 cm³/mol. The molecular formula is C14H27F2N3O2. The van der Waals surface area contributed by atoms with Gasteiger partial charge in [0.1, 0.15) is 6.61 Å². The number of ether oxygens (including phenoxy) is 1. The van der Waals surface area contributed by atoms with Gasteiger partial charge in [0, 0.05) is 26.2 Å². The minimum absolute atomic E-state index is 0.0158. The lowest BCUT2D eigenvalue weighted by molar-refractivity contribution is -0.132. The van der Waals surface area contributed by atoms with E-state index in [1.54, 1.807) is 4.90 Å². The Morgan fingerprint density at radius 3 is 2.71 bits per heavy atom. The average molecular weight is 307 g/mol.